The maximum atomic E-state index is 12.9. The fourth-order valence-electron chi connectivity index (χ4n) is 2.10. The molecule has 0 saturated heterocycles. The summed E-state index contributed by atoms with van der Waals surface area (Å²) in [5, 5.41) is 2.86. The molecule has 0 aliphatic rings. The van der Waals surface area contributed by atoms with Gasteiger partial charge in [-0.25, -0.2) is 19.9 Å². The van der Waals surface area contributed by atoms with Gasteiger partial charge in [0.1, 0.15) is 5.52 Å². The van der Waals surface area contributed by atoms with E-state index in [1.54, 1.807) is 18.3 Å². The summed E-state index contributed by atoms with van der Waals surface area (Å²) in [5.74, 6) is -0.734. The number of fused-ring (bicyclic) bond motifs is 1. The molecule has 0 spiro atoms. The van der Waals surface area contributed by atoms with Gasteiger partial charge in [0.25, 0.3) is 0 Å². The van der Waals surface area contributed by atoms with Crippen molar-refractivity contribution < 1.29 is 17.9 Å². The van der Waals surface area contributed by atoms with Crippen molar-refractivity contribution in [2.45, 2.75) is 32.7 Å². The normalized spacial score (nSPS) is 11.9. The minimum absolute atomic E-state index is 0.00643. The van der Waals surface area contributed by atoms with Gasteiger partial charge in [-0.05, 0) is 19.4 Å². The Morgan fingerprint density at radius 3 is 2.64 bits per heavy atom. The zero-order valence-electron chi connectivity index (χ0n) is 13.4. The number of alkyl halides is 3. The molecule has 0 aliphatic carbocycles. The Labute approximate surface area is 140 Å². The first-order valence-corrected chi connectivity index (χ1v) is 7.46. The van der Waals surface area contributed by atoms with Crippen molar-refractivity contribution in [1.29, 1.82) is 0 Å². The number of nitrogens with zero attached hydrogens (tertiary/aromatic N) is 4. The van der Waals surface area contributed by atoms with Crippen LogP contribution in [-0.4, -0.2) is 31.0 Å². The van der Waals surface area contributed by atoms with Crippen LogP contribution in [0.3, 0.4) is 0 Å². The van der Waals surface area contributed by atoms with Gasteiger partial charge in [0.05, 0.1) is 12.4 Å². The van der Waals surface area contributed by atoms with E-state index >= 15 is 0 Å². The first-order valence-electron chi connectivity index (χ1n) is 7.46. The van der Waals surface area contributed by atoms with Crippen LogP contribution in [0.1, 0.15) is 25.2 Å². The summed E-state index contributed by atoms with van der Waals surface area (Å²) in [6.45, 7) is 4.01. The maximum absolute atomic E-state index is 12.9. The van der Waals surface area contributed by atoms with Crippen LogP contribution in [0.4, 0.5) is 19.0 Å². The van der Waals surface area contributed by atoms with Gasteiger partial charge in [0, 0.05) is 18.8 Å². The molecule has 0 bridgehead atoms. The van der Waals surface area contributed by atoms with Crippen molar-refractivity contribution in [2.24, 2.45) is 0 Å². The fraction of sp³-hybridized carbons (Fsp3) is 0.333. The molecule has 2 N–H and O–H groups in total. The molecule has 0 saturated carbocycles. The molecular formula is C15H15F3N6O. The van der Waals surface area contributed by atoms with Crippen LogP contribution >= 0.6 is 0 Å². The number of pyridine rings is 1. The topological polar surface area (TPSA) is 88.6 Å². The zero-order chi connectivity index (χ0) is 18.0. The monoisotopic (exact) mass is 352 g/mol. The van der Waals surface area contributed by atoms with E-state index in [0.29, 0.717) is 11.4 Å². The number of ether oxygens (including phenoxy) is 1. The second-order valence-electron chi connectivity index (χ2n) is 5.52. The van der Waals surface area contributed by atoms with Crippen LogP contribution in [0.25, 0.3) is 11.2 Å². The lowest BCUT2D eigenvalue weighted by molar-refractivity contribution is -0.144. The second kappa shape index (κ2) is 6.54. The molecule has 0 atom stereocenters. The first kappa shape index (κ1) is 16.9. The SMILES string of the molecule is CC(C)Oc1ccc(CNc2nc(C(F)(F)F)nc3nc[nH]c23)cn1. The molecule has 0 radical (unpaired) electrons. The van der Waals surface area contributed by atoms with Gasteiger partial charge in [-0.1, -0.05) is 6.07 Å². The number of H-pyrrole nitrogens is 1. The molecule has 0 unspecified atom stereocenters. The minimum Gasteiger partial charge on any atom is -0.475 e. The summed E-state index contributed by atoms with van der Waals surface area (Å²) in [5.41, 5.74) is 1.01. The quantitative estimate of drug-likeness (QED) is 0.733. The van der Waals surface area contributed by atoms with Crippen molar-refractivity contribution in [3.8, 4) is 5.88 Å². The lowest BCUT2D eigenvalue weighted by Crippen LogP contribution is -2.14. The lowest BCUT2D eigenvalue weighted by Gasteiger charge is -2.11. The molecular weight excluding hydrogens is 337 g/mol. The van der Waals surface area contributed by atoms with Crippen molar-refractivity contribution in [1.82, 2.24) is 24.9 Å². The van der Waals surface area contributed by atoms with Crippen molar-refractivity contribution in [3.05, 3.63) is 36.0 Å². The van der Waals surface area contributed by atoms with Crippen molar-refractivity contribution >= 4 is 17.0 Å². The molecule has 7 nitrogen and oxygen atoms in total. The Kier molecular flexibility index (Phi) is 4.43. The highest BCUT2D eigenvalue weighted by molar-refractivity contribution is 5.82. The average molecular weight is 352 g/mol. The van der Waals surface area contributed by atoms with Crippen LogP contribution in [0, 0.1) is 0 Å². The van der Waals surface area contributed by atoms with Gasteiger partial charge in [0.2, 0.25) is 11.7 Å². The molecule has 132 valence electrons. The number of imidazole rings is 1. The number of hydrogen-bond acceptors (Lipinski definition) is 6. The van der Waals surface area contributed by atoms with Crippen LogP contribution in [0.2, 0.25) is 0 Å². The molecule has 25 heavy (non-hydrogen) atoms. The molecule has 10 heteroatoms. The predicted octanol–water partition coefficient (Wildman–Crippen LogP) is 3.17. The van der Waals surface area contributed by atoms with Gasteiger partial charge in [-0.15, -0.1) is 0 Å². The van der Waals surface area contributed by atoms with E-state index < -0.39 is 12.0 Å². The van der Waals surface area contributed by atoms with Gasteiger partial charge in [-0.2, -0.15) is 13.2 Å². The average Bonchev–Trinajstić information content (AvgIpc) is 3.01. The number of halogens is 3. The Hall–Kier alpha value is -2.91. The third kappa shape index (κ3) is 3.95. The molecule has 0 aliphatic heterocycles. The Bertz CT molecular complexity index is 860. The molecule has 3 aromatic heterocycles. The summed E-state index contributed by atoms with van der Waals surface area (Å²) < 4.78 is 44.1. The first-order chi connectivity index (χ1) is 11.8. The van der Waals surface area contributed by atoms with E-state index in [1.807, 2.05) is 13.8 Å². The second-order valence-corrected chi connectivity index (χ2v) is 5.52. The van der Waals surface area contributed by atoms with E-state index in [4.69, 9.17) is 4.74 Å². The highest BCUT2D eigenvalue weighted by Gasteiger charge is 2.36. The summed E-state index contributed by atoms with van der Waals surface area (Å²) in [7, 11) is 0. The van der Waals surface area contributed by atoms with Gasteiger partial charge < -0.3 is 15.0 Å². The standard InChI is InChI=1S/C15H15F3N6O/c1-8(2)25-10-4-3-9(5-19-10)6-20-12-11-13(22-7-21-11)24-14(23-12)15(16,17)18/h3-5,7-8H,6H2,1-2H3,(H2,20,21,22,23,24). The number of aromatic amines is 1. The third-order valence-corrected chi connectivity index (χ3v) is 3.15. The highest BCUT2D eigenvalue weighted by Crippen LogP contribution is 2.29. The van der Waals surface area contributed by atoms with Crippen molar-refractivity contribution in [3.63, 3.8) is 0 Å². The molecule has 3 rings (SSSR count). The number of anilines is 1. The van der Waals surface area contributed by atoms with Gasteiger partial charge in [-0.3, -0.25) is 0 Å². The third-order valence-electron chi connectivity index (χ3n) is 3.15. The summed E-state index contributed by atoms with van der Waals surface area (Å²) in [4.78, 5) is 17.6. The smallest absolute Gasteiger partial charge is 0.451 e. The number of aromatic nitrogens is 5. The minimum atomic E-state index is -4.65. The molecule has 3 heterocycles. The van der Waals surface area contributed by atoms with Crippen LogP contribution in [0.15, 0.2) is 24.7 Å². The Morgan fingerprint density at radius 2 is 2.00 bits per heavy atom. The largest absolute Gasteiger partial charge is 0.475 e. The molecule has 0 aromatic carbocycles. The number of rotatable bonds is 5. The molecule has 0 fully saturated rings. The molecule has 0 amide bonds. The van der Waals surface area contributed by atoms with Crippen LogP contribution in [-0.2, 0) is 12.7 Å². The number of nitrogens with one attached hydrogen (secondary N) is 2. The Morgan fingerprint density at radius 1 is 1.20 bits per heavy atom. The summed E-state index contributed by atoms with van der Waals surface area (Å²) in [6, 6.07) is 3.47. The number of hydrogen-bond donors (Lipinski definition) is 2. The fourth-order valence-corrected chi connectivity index (χ4v) is 2.10. The lowest BCUT2D eigenvalue weighted by atomic mass is 10.3. The van der Waals surface area contributed by atoms with E-state index in [0.717, 1.165) is 5.56 Å². The van der Waals surface area contributed by atoms with Gasteiger partial charge in [0.15, 0.2) is 11.5 Å². The zero-order valence-corrected chi connectivity index (χ0v) is 13.4. The maximum Gasteiger partial charge on any atom is 0.451 e. The van der Waals surface area contributed by atoms with E-state index in [9.17, 15) is 13.2 Å². The van der Waals surface area contributed by atoms with Crippen LogP contribution in [0.5, 0.6) is 5.88 Å². The summed E-state index contributed by atoms with van der Waals surface area (Å²) >= 11 is 0. The Balaban J connectivity index is 1.79. The van der Waals surface area contributed by atoms with Gasteiger partial charge >= 0.3 is 6.18 Å². The van der Waals surface area contributed by atoms with E-state index in [1.165, 1.54) is 6.33 Å². The van der Waals surface area contributed by atoms with E-state index in [-0.39, 0.29) is 24.1 Å². The predicted molar refractivity (Wildman–Crippen MR) is 84.0 cm³/mol. The van der Waals surface area contributed by atoms with Crippen LogP contribution < -0.4 is 10.1 Å². The van der Waals surface area contributed by atoms with Crippen molar-refractivity contribution in [2.75, 3.05) is 5.32 Å². The molecule has 3 aromatic rings. The summed E-state index contributed by atoms with van der Waals surface area (Å²) in [6.07, 6.45) is -1.79. The highest BCUT2D eigenvalue weighted by atomic mass is 19.4. The van der Waals surface area contributed by atoms with E-state index in [2.05, 4.69) is 30.2 Å².